The molecule has 276 valence electrons. The Morgan fingerprint density at radius 3 is 2.35 bits per heavy atom. The van der Waals surface area contributed by atoms with Crippen LogP contribution in [0.25, 0.3) is 11.1 Å². The van der Waals surface area contributed by atoms with Crippen molar-refractivity contribution in [2.75, 3.05) is 61.5 Å². The molecule has 52 heavy (non-hydrogen) atoms. The number of piperazine rings is 1. The molecule has 2 aromatic carbocycles. The first kappa shape index (κ1) is 38.4. The second kappa shape index (κ2) is 15.8. The van der Waals surface area contributed by atoms with Crippen molar-refractivity contribution in [2.24, 2.45) is 0 Å². The topological polar surface area (TPSA) is 104 Å². The molecule has 9 nitrogen and oxygen atoms in total. The SMILES string of the molecule is C[C@@H]1CN(c2cc(F)c(-c3cnc(OCc4ccccc4)c(C#N)c3)cc2NC(=O)c2cnc(OCCS(C)(C)C)cc2C(F)(F)F)C[C@H](C)N1C. The molecule has 4 aromatic rings. The summed E-state index contributed by atoms with van der Waals surface area (Å²) < 4.78 is 70.5. The number of halogens is 4. The van der Waals surface area contributed by atoms with Gasteiger partial charge in [0.1, 0.15) is 24.1 Å². The number of alkyl halides is 3. The van der Waals surface area contributed by atoms with Crippen LogP contribution < -0.4 is 19.7 Å². The van der Waals surface area contributed by atoms with Gasteiger partial charge in [0.2, 0.25) is 11.8 Å². The number of benzene rings is 2. The number of likely N-dealkylation sites (N-methyl/N-ethyl adjacent to an activating group) is 1. The summed E-state index contributed by atoms with van der Waals surface area (Å²) in [4.78, 5) is 26.1. The Morgan fingerprint density at radius 2 is 1.71 bits per heavy atom. The first-order valence-corrected chi connectivity index (χ1v) is 19.6. The van der Waals surface area contributed by atoms with Crippen LogP contribution in [0.1, 0.15) is 40.9 Å². The molecule has 1 amide bonds. The highest BCUT2D eigenvalue weighted by atomic mass is 32.3. The van der Waals surface area contributed by atoms with E-state index in [9.17, 15) is 23.2 Å². The van der Waals surface area contributed by atoms with Gasteiger partial charge in [-0.25, -0.2) is 24.4 Å². The van der Waals surface area contributed by atoms with Crippen LogP contribution >= 0.6 is 10.0 Å². The van der Waals surface area contributed by atoms with Crippen molar-refractivity contribution in [3.63, 3.8) is 0 Å². The molecule has 0 spiro atoms. The van der Waals surface area contributed by atoms with Crippen molar-refractivity contribution in [3.8, 4) is 29.0 Å². The molecule has 3 heterocycles. The normalized spacial score (nSPS) is 17.0. The molecule has 0 aliphatic carbocycles. The third-order valence-corrected chi connectivity index (χ3v) is 10.3. The second-order valence-corrected chi connectivity index (χ2v) is 18.3. The molecule has 1 fully saturated rings. The lowest BCUT2D eigenvalue weighted by molar-refractivity contribution is -0.138. The van der Waals surface area contributed by atoms with E-state index in [-0.39, 0.29) is 59.4 Å². The van der Waals surface area contributed by atoms with Gasteiger partial charge in [-0.3, -0.25) is 9.69 Å². The summed E-state index contributed by atoms with van der Waals surface area (Å²) in [5, 5.41) is 12.5. The molecule has 5 rings (SSSR count). The molecule has 2 aromatic heterocycles. The Labute approximate surface area is 302 Å². The van der Waals surface area contributed by atoms with Gasteiger partial charge < -0.3 is 19.7 Å². The lowest BCUT2D eigenvalue weighted by Crippen LogP contribution is -2.55. The van der Waals surface area contributed by atoms with Crippen LogP contribution in [0.3, 0.4) is 0 Å². The number of hydrogen-bond acceptors (Lipinski definition) is 8. The average Bonchev–Trinajstić information content (AvgIpc) is 3.09. The zero-order valence-electron chi connectivity index (χ0n) is 29.9. The number of amides is 1. The molecular formula is C38H42F4N6O3S. The quantitative estimate of drug-likeness (QED) is 0.157. The molecule has 1 saturated heterocycles. The third-order valence-electron chi connectivity index (χ3n) is 8.91. The summed E-state index contributed by atoms with van der Waals surface area (Å²) in [6, 6.07) is 16.2. The number of hydrogen-bond donors (Lipinski definition) is 1. The van der Waals surface area contributed by atoms with E-state index in [0.717, 1.165) is 17.8 Å². The minimum absolute atomic E-state index is 0.0215. The molecule has 0 saturated carbocycles. The highest BCUT2D eigenvalue weighted by Gasteiger charge is 2.37. The maximum Gasteiger partial charge on any atom is 0.417 e. The zero-order chi connectivity index (χ0) is 37.8. The number of nitrogens with zero attached hydrogens (tertiary/aromatic N) is 5. The van der Waals surface area contributed by atoms with Crippen LogP contribution in [0.2, 0.25) is 0 Å². The highest BCUT2D eigenvalue weighted by Crippen LogP contribution is 2.39. The minimum atomic E-state index is -4.90. The minimum Gasteiger partial charge on any atom is -0.477 e. The van der Waals surface area contributed by atoms with Crippen LogP contribution in [-0.2, 0) is 12.8 Å². The Hall–Kier alpha value is -4.87. The number of carbonyl (C=O) groups is 1. The van der Waals surface area contributed by atoms with Crippen molar-refractivity contribution in [1.82, 2.24) is 14.9 Å². The molecule has 2 atom stereocenters. The summed E-state index contributed by atoms with van der Waals surface area (Å²) >= 11 is 0. The summed E-state index contributed by atoms with van der Waals surface area (Å²) in [6.07, 6.45) is 3.48. The summed E-state index contributed by atoms with van der Waals surface area (Å²) in [5.74, 6) is -1.28. The van der Waals surface area contributed by atoms with Crippen LogP contribution in [0.15, 0.2) is 67.0 Å². The Bertz CT molecular complexity index is 1940. The molecular weight excluding hydrogens is 697 g/mol. The third kappa shape index (κ3) is 9.32. The maximum atomic E-state index is 16.1. The Morgan fingerprint density at radius 1 is 1.02 bits per heavy atom. The Kier molecular flexibility index (Phi) is 11.7. The number of aromatic nitrogens is 2. The van der Waals surface area contributed by atoms with Gasteiger partial charge in [0.25, 0.3) is 5.91 Å². The van der Waals surface area contributed by atoms with Gasteiger partial charge in [-0.15, -0.1) is 0 Å². The van der Waals surface area contributed by atoms with Crippen molar-refractivity contribution >= 4 is 27.3 Å². The predicted octanol–water partition coefficient (Wildman–Crippen LogP) is 7.61. The largest absolute Gasteiger partial charge is 0.477 e. The molecule has 0 bridgehead atoms. The smallest absolute Gasteiger partial charge is 0.417 e. The number of ether oxygens (including phenoxy) is 2. The second-order valence-electron chi connectivity index (χ2n) is 13.7. The van der Waals surface area contributed by atoms with E-state index in [4.69, 9.17) is 9.47 Å². The fourth-order valence-electron chi connectivity index (χ4n) is 5.78. The average molecular weight is 739 g/mol. The Balaban J connectivity index is 1.52. The van der Waals surface area contributed by atoms with Gasteiger partial charge in [-0.1, -0.05) is 30.3 Å². The summed E-state index contributed by atoms with van der Waals surface area (Å²) in [7, 11) is 1.02. The molecule has 0 radical (unpaired) electrons. The summed E-state index contributed by atoms with van der Waals surface area (Å²) in [5.41, 5.74) is -0.454. The van der Waals surface area contributed by atoms with Gasteiger partial charge >= 0.3 is 6.18 Å². The van der Waals surface area contributed by atoms with E-state index in [0.29, 0.717) is 24.5 Å². The van der Waals surface area contributed by atoms with Crippen molar-refractivity contribution in [1.29, 1.82) is 5.26 Å². The van der Waals surface area contributed by atoms with Gasteiger partial charge in [0.15, 0.2) is 0 Å². The lowest BCUT2D eigenvalue weighted by atomic mass is 10.0. The summed E-state index contributed by atoms with van der Waals surface area (Å²) in [6.45, 7) is 5.29. The van der Waals surface area contributed by atoms with Gasteiger partial charge in [0.05, 0.1) is 29.1 Å². The first-order valence-electron chi connectivity index (χ1n) is 16.6. The van der Waals surface area contributed by atoms with E-state index >= 15 is 4.39 Å². The van der Waals surface area contributed by atoms with Crippen LogP contribution in [0.4, 0.5) is 28.9 Å². The predicted molar refractivity (Wildman–Crippen MR) is 197 cm³/mol. The van der Waals surface area contributed by atoms with E-state index in [2.05, 4.69) is 39.0 Å². The van der Waals surface area contributed by atoms with Crippen molar-refractivity contribution in [3.05, 3.63) is 95.1 Å². The molecule has 1 N–H and O–H groups in total. The van der Waals surface area contributed by atoms with Crippen molar-refractivity contribution in [2.45, 2.75) is 38.7 Å². The number of rotatable bonds is 11. The number of carbonyl (C=O) groups excluding carboxylic acids is 1. The fourth-order valence-corrected chi connectivity index (χ4v) is 6.37. The number of anilines is 2. The fraction of sp³-hybridized carbons (Fsp3) is 0.368. The number of nitrogens with one attached hydrogen (secondary N) is 1. The van der Waals surface area contributed by atoms with Gasteiger partial charge in [-0.2, -0.15) is 18.4 Å². The van der Waals surface area contributed by atoms with E-state index < -0.39 is 39.1 Å². The van der Waals surface area contributed by atoms with Crippen molar-refractivity contribution < 1.29 is 31.8 Å². The maximum absolute atomic E-state index is 16.1. The van der Waals surface area contributed by atoms with E-state index in [1.165, 1.54) is 24.4 Å². The highest BCUT2D eigenvalue weighted by molar-refractivity contribution is 8.32. The van der Waals surface area contributed by atoms with Gasteiger partial charge in [-0.05, 0) is 63.4 Å². The van der Waals surface area contributed by atoms with Crippen LogP contribution in [-0.4, -0.2) is 84.1 Å². The van der Waals surface area contributed by atoms with Crippen LogP contribution in [0.5, 0.6) is 11.8 Å². The van der Waals surface area contributed by atoms with Gasteiger partial charge in [0, 0.05) is 60.5 Å². The lowest BCUT2D eigenvalue weighted by Gasteiger charge is -2.44. The number of pyridine rings is 2. The standard InChI is InChI=1S/C38H42F4N6O3S/c1-24-21-48(22-25(2)47(24)3)34-17-32(39)29(28-14-27(18-43)37(45-19-28)51-23-26-10-8-7-9-11-26)15-33(34)46-36(49)30-20-44-35(16-31(30)38(40,41)42)50-12-13-52(4,5)6/h7-11,14-17,19-20,24-25H,12-13,21-23H2,1-6H3,(H,46,49)/t24-,25+. The monoisotopic (exact) mass is 738 g/mol. The van der Waals surface area contributed by atoms with E-state index in [1.807, 2.05) is 62.2 Å². The first-order chi connectivity index (χ1) is 24.5. The molecule has 0 unspecified atom stereocenters. The zero-order valence-corrected chi connectivity index (χ0v) is 30.7. The molecule has 1 aliphatic heterocycles. The van der Waals surface area contributed by atoms with Crippen LogP contribution in [0, 0.1) is 17.1 Å². The van der Waals surface area contributed by atoms with E-state index in [1.54, 1.807) is 0 Å². The number of nitriles is 1. The molecule has 1 aliphatic rings. The molecule has 14 heteroatoms.